The van der Waals surface area contributed by atoms with Gasteiger partial charge >= 0.3 is 0 Å². The first-order valence-corrected chi connectivity index (χ1v) is 8.50. The van der Waals surface area contributed by atoms with Crippen molar-refractivity contribution in [2.45, 2.75) is 37.9 Å². The van der Waals surface area contributed by atoms with Crippen LogP contribution in [0.2, 0.25) is 0 Å². The van der Waals surface area contributed by atoms with Gasteiger partial charge in [-0.25, -0.2) is 9.97 Å². The number of Topliss-reactive ketones (excluding diaryl/α,β-unsaturated/α-hetero) is 1. The van der Waals surface area contributed by atoms with E-state index >= 15 is 0 Å². The maximum Gasteiger partial charge on any atom is 0.168 e. The van der Waals surface area contributed by atoms with Crippen LogP contribution in [0.1, 0.15) is 30.0 Å². The largest absolute Gasteiger partial charge is 0.326 e. The van der Waals surface area contributed by atoms with E-state index in [2.05, 4.69) is 23.0 Å². The molecular weight excluding hydrogens is 304 g/mol. The number of aromatic nitrogens is 3. The summed E-state index contributed by atoms with van der Waals surface area (Å²) in [6, 6.07) is 2.06. The van der Waals surface area contributed by atoms with E-state index in [1.165, 1.54) is 23.1 Å². The van der Waals surface area contributed by atoms with Gasteiger partial charge < -0.3 is 4.57 Å². The monoisotopic (exact) mass is 320 g/mol. The number of hydrogen-bond acceptors (Lipinski definition) is 6. The Kier molecular flexibility index (Phi) is 5.53. The second-order valence-electron chi connectivity index (χ2n) is 4.55. The van der Waals surface area contributed by atoms with Gasteiger partial charge in [-0.05, 0) is 13.3 Å². The lowest BCUT2D eigenvalue weighted by atomic mass is 10.1. The topological polar surface area (TPSA) is 71.6 Å². The van der Waals surface area contributed by atoms with Crippen LogP contribution < -0.4 is 0 Å². The summed E-state index contributed by atoms with van der Waals surface area (Å²) in [5.74, 6) is -0.661. The van der Waals surface area contributed by atoms with Gasteiger partial charge in [-0.1, -0.05) is 18.7 Å². The highest BCUT2D eigenvalue weighted by molar-refractivity contribution is 7.99. The number of thioether (sulfide) groups is 1. The van der Waals surface area contributed by atoms with Gasteiger partial charge in [-0.2, -0.15) is 5.26 Å². The molecule has 2 rings (SSSR count). The van der Waals surface area contributed by atoms with Crippen molar-refractivity contribution in [3.63, 3.8) is 0 Å². The number of imidazole rings is 1. The number of carbonyl (C=O) groups excluding carboxylic acids is 1. The normalized spacial score (nSPS) is 12.0. The maximum absolute atomic E-state index is 12.2. The molecule has 0 aliphatic rings. The molecule has 0 aliphatic heterocycles. The molecule has 0 bridgehead atoms. The van der Waals surface area contributed by atoms with Gasteiger partial charge in [-0.3, -0.25) is 4.79 Å². The molecule has 0 fully saturated rings. The molecule has 21 heavy (non-hydrogen) atoms. The summed E-state index contributed by atoms with van der Waals surface area (Å²) >= 11 is 2.74. The van der Waals surface area contributed by atoms with E-state index in [4.69, 9.17) is 0 Å². The predicted molar refractivity (Wildman–Crippen MR) is 83.5 cm³/mol. The number of carbonyl (C=O) groups is 1. The Bertz CT molecular complexity index is 656. The smallest absolute Gasteiger partial charge is 0.168 e. The second kappa shape index (κ2) is 7.38. The third kappa shape index (κ3) is 3.93. The average Bonchev–Trinajstić information content (AvgIpc) is 3.07. The molecule has 2 heterocycles. The standard InChI is InChI=1S/C14H16N4OS2/c1-3-5-18-6-4-16-14(18)21-9-12(19)11(7-15)13-17-10(2)8-20-13/h4,6,8,11H,3,5,9H2,1-2H3/t11-/m1/s1. The van der Waals surface area contributed by atoms with E-state index in [0.717, 1.165) is 23.8 Å². The third-order valence-electron chi connectivity index (χ3n) is 2.82. The minimum Gasteiger partial charge on any atom is -0.326 e. The lowest BCUT2D eigenvalue weighted by Crippen LogP contribution is -2.13. The summed E-state index contributed by atoms with van der Waals surface area (Å²) in [6.07, 6.45) is 4.65. The zero-order valence-electron chi connectivity index (χ0n) is 11.9. The first kappa shape index (κ1) is 15.7. The van der Waals surface area contributed by atoms with E-state index in [0.29, 0.717) is 5.01 Å². The van der Waals surface area contributed by atoms with Gasteiger partial charge in [0.2, 0.25) is 0 Å². The van der Waals surface area contributed by atoms with Gasteiger partial charge in [0.25, 0.3) is 0 Å². The Morgan fingerprint density at radius 3 is 3.05 bits per heavy atom. The van der Waals surface area contributed by atoms with Gasteiger partial charge in [0, 0.05) is 30.0 Å². The fourth-order valence-corrected chi connectivity index (χ4v) is 3.59. The summed E-state index contributed by atoms with van der Waals surface area (Å²) < 4.78 is 2.02. The van der Waals surface area contributed by atoms with Crippen LogP contribution in [0.3, 0.4) is 0 Å². The SMILES string of the molecule is CCCn1ccnc1SCC(=O)[C@@H](C#N)c1nc(C)cs1. The fraction of sp³-hybridized carbons (Fsp3) is 0.429. The molecule has 5 nitrogen and oxygen atoms in total. The zero-order valence-corrected chi connectivity index (χ0v) is 13.6. The summed E-state index contributed by atoms with van der Waals surface area (Å²) in [5.41, 5.74) is 0.842. The minimum absolute atomic E-state index is 0.122. The van der Waals surface area contributed by atoms with Crippen molar-refractivity contribution >= 4 is 28.9 Å². The number of aryl methyl sites for hydroxylation is 2. The molecule has 2 aromatic rings. The highest BCUT2D eigenvalue weighted by Crippen LogP contribution is 2.24. The molecule has 110 valence electrons. The molecular formula is C14H16N4OS2. The molecule has 0 saturated heterocycles. The number of nitriles is 1. The Labute approximate surface area is 132 Å². The quantitative estimate of drug-likeness (QED) is 0.733. The lowest BCUT2D eigenvalue weighted by molar-refractivity contribution is -0.116. The van der Waals surface area contributed by atoms with Crippen molar-refractivity contribution in [1.82, 2.24) is 14.5 Å². The highest BCUT2D eigenvalue weighted by Gasteiger charge is 2.23. The van der Waals surface area contributed by atoms with E-state index in [1.807, 2.05) is 23.1 Å². The van der Waals surface area contributed by atoms with E-state index < -0.39 is 5.92 Å². The fourth-order valence-electron chi connectivity index (χ4n) is 1.84. The Morgan fingerprint density at radius 1 is 1.62 bits per heavy atom. The van der Waals surface area contributed by atoms with E-state index in [9.17, 15) is 10.1 Å². The Morgan fingerprint density at radius 2 is 2.43 bits per heavy atom. The van der Waals surface area contributed by atoms with Crippen LogP contribution in [0.25, 0.3) is 0 Å². The Balaban J connectivity index is 2.00. The van der Waals surface area contributed by atoms with Crippen molar-refractivity contribution < 1.29 is 4.79 Å². The van der Waals surface area contributed by atoms with E-state index in [1.54, 1.807) is 6.20 Å². The number of ketones is 1. The van der Waals surface area contributed by atoms with Crippen LogP contribution in [-0.4, -0.2) is 26.1 Å². The summed E-state index contributed by atoms with van der Waals surface area (Å²) in [5, 5.41) is 12.5. The molecule has 0 radical (unpaired) electrons. The van der Waals surface area contributed by atoms with Crippen LogP contribution in [0.15, 0.2) is 22.9 Å². The molecule has 7 heteroatoms. The first-order valence-electron chi connectivity index (χ1n) is 6.64. The van der Waals surface area contributed by atoms with Gasteiger partial charge in [-0.15, -0.1) is 11.3 Å². The van der Waals surface area contributed by atoms with Gasteiger partial charge in [0.1, 0.15) is 5.01 Å². The van der Waals surface area contributed by atoms with Gasteiger partial charge in [0.15, 0.2) is 16.9 Å². The molecule has 0 unspecified atom stereocenters. The maximum atomic E-state index is 12.2. The zero-order chi connectivity index (χ0) is 15.2. The molecule has 0 saturated carbocycles. The van der Waals surface area contributed by atoms with Crippen molar-refractivity contribution in [2.24, 2.45) is 0 Å². The van der Waals surface area contributed by atoms with Crippen LogP contribution in [0.5, 0.6) is 0 Å². The molecule has 2 aromatic heterocycles. The van der Waals surface area contributed by atoms with Crippen molar-refractivity contribution in [3.8, 4) is 6.07 Å². The van der Waals surface area contributed by atoms with Crippen molar-refractivity contribution in [2.75, 3.05) is 5.75 Å². The van der Waals surface area contributed by atoms with Gasteiger partial charge in [0.05, 0.1) is 11.8 Å². The third-order valence-corrected chi connectivity index (χ3v) is 4.87. The number of thiazole rings is 1. The number of rotatable bonds is 7. The van der Waals surface area contributed by atoms with Crippen LogP contribution in [0, 0.1) is 18.3 Å². The predicted octanol–water partition coefficient (Wildman–Crippen LogP) is 3.03. The number of hydrogen-bond donors (Lipinski definition) is 0. The summed E-state index contributed by atoms with van der Waals surface area (Å²) in [6.45, 7) is 4.83. The molecule has 0 aliphatic carbocycles. The molecule has 0 N–H and O–H groups in total. The molecule has 0 aromatic carbocycles. The number of nitrogens with zero attached hydrogens (tertiary/aromatic N) is 4. The average molecular weight is 320 g/mol. The van der Waals surface area contributed by atoms with Crippen LogP contribution >= 0.6 is 23.1 Å². The molecule has 0 spiro atoms. The molecule has 1 atom stereocenters. The van der Waals surface area contributed by atoms with Crippen molar-refractivity contribution in [1.29, 1.82) is 5.26 Å². The Hall–Kier alpha value is -1.65. The minimum atomic E-state index is -0.772. The lowest BCUT2D eigenvalue weighted by Gasteiger charge is -2.07. The summed E-state index contributed by atoms with van der Waals surface area (Å²) in [7, 11) is 0. The highest BCUT2D eigenvalue weighted by atomic mass is 32.2. The van der Waals surface area contributed by atoms with Crippen LogP contribution in [-0.2, 0) is 11.3 Å². The summed E-state index contributed by atoms with van der Waals surface area (Å²) in [4.78, 5) is 20.7. The second-order valence-corrected chi connectivity index (χ2v) is 6.38. The first-order chi connectivity index (χ1) is 10.2. The molecule has 0 amide bonds. The van der Waals surface area contributed by atoms with Crippen molar-refractivity contribution in [3.05, 3.63) is 28.5 Å². The van der Waals surface area contributed by atoms with E-state index in [-0.39, 0.29) is 11.5 Å². The van der Waals surface area contributed by atoms with Crippen LogP contribution in [0.4, 0.5) is 0 Å².